The molecule has 4 bridgehead atoms. The molecule has 0 amide bonds. The van der Waals surface area contributed by atoms with Crippen LogP contribution in [-0.4, -0.2) is 100 Å². The van der Waals surface area contributed by atoms with Crippen LogP contribution in [0.3, 0.4) is 0 Å². The van der Waals surface area contributed by atoms with E-state index in [0.29, 0.717) is 30.1 Å². The van der Waals surface area contributed by atoms with E-state index in [1.165, 1.54) is 0 Å². The first kappa shape index (κ1) is 33.6. The van der Waals surface area contributed by atoms with E-state index in [-0.39, 0.29) is 60.9 Å². The second-order valence-electron chi connectivity index (χ2n) is 15.5. The van der Waals surface area contributed by atoms with Crippen molar-refractivity contribution in [3.8, 4) is 23.0 Å². The molecular weight excluding hydrogens is 697 g/mol. The summed E-state index contributed by atoms with van der Waals surface area (Å²) in [6, 6.07) is 8.13. The van der Waals surface area contributed by atoms with Crippen LogP contribution in [0.25, 0.3) is 10.9 Å². The number of fused-ring (bicyclic) bond motifs is 11. The molecule has 1 spiro atoms. The van der Waals surface area contributed by atoms with Gasteiger partial charge in [-0.2, -0.15) is 0 Å². The molecule has 53 heavy (non-hydrogen) atoms. The molecule has 3 aromatic carbocycles. The number of hydrogen-bond donors (Lipinski definition) is 5. The first-order valence-corrected chi connectivity index (χ1v) is 19.4. The molecule has 2 saturated heterocycles. The number of aromatic nitrogens is 1. The molecule has 7 aliphatic rings. The Bertz CT molecular complexity index is 2220. The molecule has 11 rings (SSSR count). The van der Waals surface area contributed by atoms with Crippen molar-refractivity contribution < 1.29 is 39.1 Å². The Morgan fingerprint density at radius 2 is 1.85 bits per heavy atom. The van der Waals surface area contributed by atoms with Gasteiger partial charge in [0.05, 0.1) is 37.5 Å². The van der Waals surface area contributed by atoms with Crippen molar-refractivity contribution in [2.45, 2.75) is 80.8 Å². The summed E-state index contributed by atoms with van der Waals surface area (Å²) in [5.74, 6) is 1.71. The summed E-state index contributed by atoms with van der Waals surface area (Å²) in [6.45, 7) is 5.98. The van der Waals surface area contributed by atoms with Crippen molar-refractivity contribution in [3.63, 3.8) is 0 Å². The summed E-state index contributed by atoms with van der Waals surface area (Å²) in [6.07, 6.45) is 0.144. The van der Waals surface area contributed by atoms with Gasteiger partial charge in [-0.3, -0.25) is 15.1 Å². The van der Waals surface area contributed by atoms with E-state index in [2.05, 4.69) is 46.1 Å². The van der Waals surface area contributed by atoms with Crippen molar-refractivity contribution >= 4 is 28.6 Å². The van der Waals surface area contributed by atoms with Crippen LogP contribution in [0.4, 0.5) is 0 Å². The highest BCUT2D eigenvalue weighted by Crippen LogP contribution is 2.63. The van der Waals surface area contributed by atoms with E-state index < -0.39 is 23.8 Å². The number of aryl methyl sites for hydroxylation is 1. The van der Waals surface area contributed by atoms with Crippen molar-refractivity contribution in [2.24, 2.45) is 0 Å². The molecule has 12 nitrogen and oxygen atoms in total. The summed E-state index contributed by atoms with van der Waals surface area (Å²) in [5, 5.41) is 39.5. The normalized spacial score (nSPS) is 31.5. The lowest BCUT2D eigenvalue weighted by Crippen LogP contribution is -2.70. The highest BCUT2D eigenvalue weighted by atomic mass is 32.2. The van der Waals surface area contributed by atoms with Gasteiger partial charge in [0.2, 0.25) is 6.79 Å². The maximum Gasteiger partial charge on any atom is 0.333 e. The molecule has 4 aromatic rings. The molecule has 13 heteroatoms. The average molecular weight is 741 g/mol. The van der Waals surface area contributed by atoms with Gasteiger partial charge in [-0.1, -0.05) is 24.3 Å². The number of piperazine rings is 1. The SMILES string of the molecule is COc1c(C)cc2c(c1O)[C@@H]1[C@@H]3[C@@H]4SC[C@]5(N[C@@H](CO)Cc6c5[nH]c5ccccc65)C(=O)OC[C@@H](c5c6c(c(C)c(C)c54)OCO6)N3[C@@H](O)[C@H](C2)N1C. The van der Waals surface area contributed by atoms with E-state index in [9.17, 15) is 20.1 Å². The summed E-state index contributed by atoms with van der Waals surface area (Å²) < 4.78 is 24.6. The summed E-state index contributed by atoms with van der Waals surface area (Å²) in [4.78, 5) is 22.8. The summed E-state index contributed by atoms with van der Waals surface area (Å²) >= 11 is 1.64. The minimum Gasteiger partial charge on any atom is -0.504 e. The van der Waals surface area contributed by atoms with E-state index in [1.807, 2.05) is 32.2 Å². The van der Waals surface area contributed by atoms with Crippen LogP contribution in [0, 0.1) is 20.8 Å². The number of aliphatic hydroxyl groups is 2. The van der Waals surface area contributed by atoms with Crippen LogP contribution < -0.4 is 19.5 Å². The summed E-state index contributed by atoms with van der Waals surface area (Å²) in [5.41, 5.74) is 8.01. The first-order valence-electron chi connectivity index (χ1n) is 18.4. The lowest BCUT2D eigenvalue weighted by atomic mass is 9.72. The third-order valence-corrected chi connectivity index (χ3v) is 14.6. The van der Waals surface area contributed by atoms with E-state index >= 15 is 0 Å². The Morgan fingerprint density at radius 3 is 2.64 bits per heavy atom. The number of aromatic hydroxyl groups is 1. The van der Waals surface area contributed by atoms with Gasteiger partial charge in [0.1, 0.15) is 12.8 Å². The third kappa shape index (κ3) is 4.34. The Kier molecular flexibility index (Phi) is 7.45. The number of hydrogen-bond acceptors (Lipinski definition) is 12. The average Bonchev–Trinajstić information content (AvgIpc) is 3.80. The Hall–Kier alpha value is -3.98. The van der Waals surface area contributed by atoms with Gasteiger partial charge in [0.15, 0.2) is 28.5 Å². The Balaban J connectivity index is 1.22. The zero-order chi connectivity index (χ0) is 36.7. The number of rotatable bonds is 2. The van der Waals surface area contributed by atoms with Gasteiger partial charge in [-0.25, -0.2) is 4.79 Å². The highest BCUT2D eigenvalue weighted by Gasteiger charge is 2.61. The second-order valence-corrected chi connectivity index (χ2v) is 16.7. The minimum atomic E-state index is -1.30. The Labute approximate surface area is 311 Å². The Morgan fingerprint density at radius 1 is 1.06 bits per heavy atom. The fourth-order valence-electron chi connectivity index (χ4n) is 10.6. The van der Waals surface area contributed by atoms with Crippen molar-refractivity contribution in [3.05, 3.63) is 80.5 Å². The molecule has 2 fully saturated rings. The van der Waals surface area contributed by atoms with Gasteiger partial charge in [0.25, 0.3) is 0 Å². The molecule has 5 N–H and O–H groups in total. The van der Waals surface area contributed by atoms with Gasteiger partial charge < -0.3 is 39.3 Å². The molecule has 7 aliphatic heterocycles. The number of nitrogens with zero attached hydrogens (tertiary/aromatic N) is 2. The number of carbonyl (C=O) groups is 1. The summed E-state index contributed by atoms with van der Waals surface area (Å²) in [7, 11) is 3.61. The van der Waals surface area contributed by atoms with Crippen LogP contribution >= 0.6 is 11.8 Å². The van der Waals surface area contributed by atoms with Gasteiger partial charge in [-0.15, -0.1) is 11.8 Å². The fourth-order valence-corrected chi connectivity index (χ4v) is 12.4. The zero-order valence-electron chi connectivity index (χ0n) is 30.4. The number of benzene rings is 3. The quantitative estimate of drug-likeness (QED) is 0.190. The lowest BCUT2D eigenvalue weighted by Gasteiger charge is -2.62. The second kappa shape index (κ2) is 11.8. The highest BCUT2D eigenvalue weighted by molar-refractivity contribution is 7.99. The molecule has 278 valence electrons. The monoisotopic (exact) mass is 740 g/mol. The molecule has 0 unspecified atom stereocenters. The molecular formula is C40H44N4O8S. The third-order valence-electron chi connectivity index (χ3n) is 13.1. The molecule has 8 atom stereocenters. The number of likely N-dealkylation sites (N-methyl/N-ethyl adjacent to an activating group) is 1. The fraction of sp³-hybridized carbons (Fsp3) is 0.475. The number of thioether (sulfide) groups is 1. The number of H-pyrrole nitrogens is 1. The predicted octanol–water partition coefficient (Wildman–Crippen LogP) is 3.92. The first-order chi connectivity index (χ1) is 25.6. The van der Waals surface area contributed by atoms with Gasteiger partial charge in [-0.05, 0) is 80.1 Å². The molecule has 8 heterocycles. The maximum atomic E-state index is 14.9. The lowest BCUT2D eigenvalue weighted by molar-refractivity contribution is -0.186. The van der Waals surface area contributed by atoms with Crippen molar-refractivity contribution in [2.75, 3.05) is 39.9 Å². The zero-order valence-corrected chi connectivity index (χ0v) is 31.2. The van der Waals surface area contributed by atoms with E-state index in [4.69, 9.17) is 18.9 Å². The number of nitrogens with one attached hydrogen (secondary N) is 2. The molecule has 0 saturated carbocycles. The standard InChI is InChI=1S/C40H44N4O8S/c1-17-10-20-11-25-38(47)44-26-14-50-39(48)40(37-23(12-21(13-45)42-40)22-8-6-7-9-24(22)41-37)15-53-36(27-18(2)19(3)34-35(29(26)27)52-16-51-34)31(44)30(43(25)4)28(20)32(46)33(17)49-5/h6-10,21,25-26,30-31,36,38,41-42,45-47H,11-16H2,1-5H3/t21-,25+,26+,30-,31-,36-,38+,40-/m1/s1. The number of methoxy groups -OCH3 is 1. The number of para-hydroxylation sites is 1. The van der Waals surface area contributed by atoms with Crippen LogP contribution in [0.1, 0.15) is 67.5 Å². The predicted molar refractivity (Wildman–Crippen MR) is 198 cm³/mol. The molecule has 0 aliphatic carbocycles. The number of phenolic OH excluding ortho intramolecular Hbond substituents is 1. The minimum absolute atomic E-state index is 0.0585. The van der Waals surface area contributed by atoms with Crippen LogP contribution in [0.15, 0.2) is 30.3 Å². The number of ether oxygens (including phenoxy) is 4. The topological polar surface area (TPSA) is 149 Å². The van der Waals surface area contributed by atoms with Crippen LogP contribution in [0.5, 0.6) is 23.0 Å². The van der Waals surface area contributed by atoms with E-state index in [0.717, 1.165) is 61.1 Å². The number of phenols is 1. The maximum absolute atomic E-state index is 14.9. The molecule has 0 radical (unpaired) electrons. The number of aliphatic hydroxyl groups excluding tert-OH is 2. The smallest absolute Gasteiger partial charge is 0.333 e. The van der Waals surface area contributed by atoms with Crippen molar-refractivity contribution in [1.29, 1.82) is 0 Å². The van der Waals surface area contributed by atoms with Crippen LogP contribution in [0.2, 0.25) is 0 Å². The number of aromatic amines is 1. The van der Waals surface area contributed by atoms with Gasteiger partial charge >= 0.3 is 5.97 Å². The van der Waals surface area contributed by atoms with Crippen LogP contribution in [-0.2, 0) is 27.9 Å². The van der Waals surface area contributed by atoms with Gasteiger partial charge in [0, 0.05) is 45.1 Å². The number of esters is 1. The molecule has 1 aromatic heterocycles. The number of carbonyl (C=O) groups excluding carboxylic acids is 1. The largest absolute Gasteiger partial charge is 0.504 e. The van der Waals surface area contributed by atoms with E-state index in [1.54, 1.807) is 18.9 Å². The van der Waals surface area contributed by atoms with Crippen molar-refractivity contribution in [1.82, 2.24) is 20.1 Å².